The molecule has 7 nitrogen and oxygen atoms in total. The maximum Gasteiger partial charge on any atom is 0.265 e. The summed E-state index contributed by atoms with van der Waals surface area (Å²) in [4.78, 5) is 33.5. The third kappa shape index (κ3) is 3.12. The van der Waals surface area contributed by atoms with Crippen LogP contribution in [0, 0.1) is 6.92 Å². The summed E-state index contributed by atoms with van der Waals surface area (Å²) in [6, 6.07) is 15.9. The standard InChI is InChI=1S/C25H23N5O2S/c1-15-7-3-5-9-20(15)30-23-19(13-26-30)24(32)29-18(14-33-25(29)27-23)12-22(31)28-16(2)11-17-8-4-6-10-21(17)28/h3-10,13,16,18H,11-12,14H2,1-2H3. The van der Waals surface area contributed by atoms with E-state index in [2.05, 4.69) is 18.1 Å². The second kappa shape index (κ2) is 7.59. The third-order valence-electron chi connectivity index (χ3n) is 6.60. The minimum absolute atomic E-state index is 0.0495. The lowest BCUT2D eigenvalue weighted by atomic mass is 10.1. The average Bonchev–Trinajstić information content (AvgIpc) is 3.49. The summed E-state index contributed by atoms with van der Waals surface area (Å²) in [5, 5.41) is 5.59. The molecule has 0 spiro atoms. The molecule has 0 saturated heterocycles. The predicted octanol–water partition coefficient (Wildman–Crippen LogP) is 3.91. The average molecular weight is 458 g/mol. The Bertz CT molecular complexity index is 1470. The number of hydrogen-bond acceptors (Lipinski definition) is 5. The van der Waals surface area contributed by atoms with E-state index in [1.165, 1.54) is 17.3 Å². The van der Waals surface area contributed by atoms with E-state index in [1.54, 1.807) is 15.4 Å². The Morgan fingerprint density at radius 2 is 1.88 bits per heavy atom. The normalized spacial score (nSPS) is 19.2. The first-order chi connectivity index (χ1) is 16.0. The number of hydrogen-bond donors (Lipinski definition) is 0. The molecule has 2 unspecified atom stereocenters. The summed E-state index contributed by atoms with van der Waals surface area (Å²) in [5.74, 6) is 0.705. The molecular weight excluding hydrogens is 434 g/mol. The summed E-state index contributed by atoms with van der Waals surface area (Å²) >= 11 is 1.53. The maximum atomic E-state index is 13.5. The maximum absolute atomic E-state index is 13.5. The number of thioether (sulfide) groups is 1. The number of fused-ring (bicyclic) bond motifs is 3. The van der Waals surface area contributed by atoms with Gasteiger partial charge in [-0.2, -0.15) is 5.10 Å². The number of aryl methyl sites for hydroxylation is 1. The van der Waals surface area contributed by atoms with Crippen molar-refractivity contribution < 1.29 is 4.79 Å². The van der Waals surface area contributed by atoms with Gasteiger partial charge in [0.05, 0.1) is 17.9 Å². The van der Waals surface area contributed by atoms with Gasteiger partial charge in [-0.15, -0.1) is 0 Å². The Balaban J connectivity index is 1.35. The molecule has 2 atom stereocenters. The second-order valence-corrected chi connectivity index (χ2v) is 9.75. The van der Waals surface area contributed by atoms with E-state index in [9.17, 15) is 9.59 Å². The Hall–Kier alpha value is -3.39. The molecule has 4 heterocycles. The van der Waals surface area contributed by atoms with Crippen molar-refractivity contribution in [2.45, 2.75) is 43.9 Å². The van der Waals surface area contributed by atoms with E-state index in [0.29, 0.717) is 21.9 Å². The smallest absolute Gasteiger partial charge is 0.265 e. The number of carbonyl (C=O) groups is 1. The van der Waals surface area contributed by atoms with Gasteiger partial charge in [-0.05, 0) is 43.5 Å². The van der Waals surface area contributed by atoms with Crippen LogP contribution in [0.15, 0.2) is 64.7 Å². The highest BCUT2D eigenvalue weighted by Gasteiger charge is 2.35. The SMILES string of the molecule is Cc1ccccc1-n1ncc2c(=O)n3c(nc21)SCC3CC(=O)N1c2ccccc2CC1C. The second-order valence-electron chi connectivity index (χ2n) is 8.76. The van der Waals surface area contributed by atoms with Gasteiger partial charge in [-0.1, -0.05) is 48.2 Å². The lowest BCUT2D eigenvalue weighted by Gasteiger charge is -2.24. The van der Waals surface area contributed by atoms with Crippen molar-refractivity contribution in [1.82, 2.24) is 19.3 Å². The van der Waals surface area contributed by atoms with Gasteiger partial charge in [-0.25, -0.2) is 9.67 Å². The van der Waals surface area contributed by atoms with Gasteiger partial charge < -0.3 is 4.90 Å². The molecule has 33 heavy (non-hydrogen) atoms. The number of para-hydroxylation sites is 2. The van der Waals surface area contributed by atoms with Gasteiger partial charge in [0, 0.05) is 23.9 Å². The third-order valence-corrected chi connectivity index (χ3v) is 7.70. The summed E-state index contributed by atoms with van der Waals surface area (Å²) < 4.78 is 3.43. The van der Waals surface area contributed by atoms with Crippen LogP contribution < -0.4 is 10.5 Å². The number of nitrogens with zero attached hydrogens (tertiary/aromatic N) is 5. The van der Waals surface area contributed by atoms with Crippen molar-refractivity contribution in [3.05, 3.63) is 76.2 Å². The van der Waals surface area contributed by atoms with Gasteiger partial charge in [0.25, 0.3) is 5.56 Å². The van der Waals surface area contributed by atoms with Crippen LogP contribution in [-0.4, -0.2) is 37.0 Å². The molecular formula is C25H23N5O2S. The Morgan fingerprint density at radius 3 is 2.70 bits per heavy atom. The van der Waals surface area contributed by atoms with Crippen molar-refractivity contribution in [3.8, 4) is 5.69 Å². The lowest BCUT2D eigenvalue weighted by molar-refractivity contribution is -0.119. The zero-order valence-corrected chi connectivity index (χ0v) is 19.2. The first kappa shape index (κ1) is 20.2. The van der Waals surface area contributed by atoms with Crippen LogP contribution in [0.3, 0.4) is 0 Å². The molecule has 8 heteroatoms. The molecule has 0 saturated carbocycles. The first-order valence-corrected chi connectivity index (χ1v) is 12.1. The molecule has 2 aromatic carbocycles. The zero-order valence-electron chi connectivity index (χ0n) is 18.4. The fraction of sp³-hybridized carbons (Fsp3) is 0.280. The molecule has 2 aromatic heterocycles. The molecule has 2 aliphatic heterocycles. The number of rotatable bonds is 3. The minimum Gasteiger partial charge on any atom is -0.309 e. The molecule has 4 aromatic rings. The van der Waals surface area contributed by atoms with E-state index in [1.807, 2.05) is 54.3 Å². The molecule has 0 aliphatic carbocycles. The fourth-order valence-corrected chi connectivity index (χ4v) is 6.13. The predicted molar refractivity (Wildman–Crippen MR) is 129 cm³/mol. The number of benzene rings is 2. The van der Waals surface area contributed by atoms with Crippen molar-refractivity contribution in [3.63, 3.8) is 0 Å². The minimum atomic E-state index is -0.219. The highest BCUT2D eigenvalue weighted by molar-refractivity contribution is 7.99. The van der Waals surface area contributed by atoms with E-state index < -0.39 is 0 Å². The van der Waals surface area contributed by atoms with Crippen LogP contribution in [0.4, 0.5) is 5.69 Å². The Morgan fingerprint density at radius 1 is 1.12 bits per heavy atom. The Labute approximate surface area is 195 Å². The molecule has 0 radical (unpaired) electrons. The number of carbonyl (C=O) groups excluding carboxylic acids is 1. The van der Waals surface area contributed by atoms with Crippen LogP contribution in [0.5, 0.6) is 0 Å². The molecule has 166 valence electrons. The summed E-state index contributed by atoms with van der Waals surface area (Å²) in [6.07, 6.45) is 2.72. The van der Waals surface area contributed by atoms with Crippen LogP contribution in [0.25, 0.3) is 16.7 Å². The van der Waals surface area contributed by atoms with E-state index in [-0.39, 0.29) is 30.0 Å². The number of anilines is 1. The quantitative estimate of drug-likeness (QED) is 0.436. The molecule has 0 fully saturated rings. The molecule has 0 N–H and O–H groups in total. The van der Waals surface area contributed by atoms with Crippen molar-refractivity contribution in [2.24, 2.45) is 0 Å². The largest absolute Gasteiger partial charge is 0.309 e. The highest BCUT2D eigenvalue weighted by Crippen LogP contribution is 2.37. The Kier molecular flexibility index (Phi) is 4.65. The van der Waals surface area contributed by atoms with Crippen molar-refractivity contribution in [2.75, 3.05) is 10.7 Å². The fourth-order valence-electron chi connectivity index (χ4n) is 5.00. The topological polar surface area (TPSA) is 73.0 Å². The number of aromatic nitrogens is 4. The number of amides is 1. The van der Waals surface area contributed by atoms with E-state index in [0.717, 1.165) is 23.4 Å². The summed E-state index contributed by atoms with van der Waals surface area (Å²) in [5.41, 5.74) is 4.57. The molecule has 6 rings (SSSR count). The van der Waals surface area contributed by atoms with E-state index in [4.69, 9.17) is 4.98 Å². The summed E-state index contributed by atoms with van der Waals surface area (Å²) in [7, 11) is 0. The van der Waals surface area contributed by atoms with Gasteiger partial charge >= 0.3 is 0 Å². The molecule has 0 bridgehead atoms. The highest BCUT2D eigenvalue weighted by atomic mass is 32.2. The van der Waals surface area contributed by atoms with Gasteiger partial charge in [0.2, 0.25) is 5.91 Å². The van der Waals surface area contributed by atoms with Crippen LogP contribution >= 0.6 is 11.8 Å². The van der Waals surface area contributed by atoms with Crippen LogP contribution in [0.2, 0.25) is 0 Å². The summed E-state index contributed by atoms with van der Waals surface area (Å²) in [6.45, 7) is 4.09. The van der Waals surface area contributed by atoms with Gasteiger partial charge in [-0.3, -0.25) is 14.2 Å². The van der Waals surface area contributed by atoms with Crippen molar-refractivity contribution >= 4 is 34.4 Å². The molecule has 1 amide bonds. The van der Waals surface area contributed by atoms with Gasteiger partial charge in [0.15, 0.2) is 10.8 Å². The van der Waals surface area contributed by atoms with E-state index >= 15 is 0 Å². The zero-order chi connectivity index (χ0) is 22.7. The van der Waals surface area contributed by atoms with Crippen LogP contribution in [-0.2, 0) is 11.2 Å². The first-order valence-electron chi connectivity index (χ1n) is 11.1. The van der Waals surface area contributed by atoms with Crippen molar-refractivity contribution in [1.29, 1.82) is 0 Å². The molecule has 2 aliphatic rings. The van der Waals surface area contributed by atoms with Crippen LogP contribution in [0.1, 0.15) is 30.5 Å². The monoisotopic (exact) mass is 457 g/mol. The van der Waals surface area contributed by atoms with Gasteiger partial charge in [0.1, 0.15) is 5.39 Å². The lowest BCUT2D eigenvalue weighted by Crippen LogP contribution is -2.38.